The smallest absolute Gasteiger partial charge is 0.303 e. The molecule has 0 atom stereocenters. The number of imidazole rings is 1. The molecule has 2 aromatic rings. The fourth-order valence-electron chi connectivity index (χ4n) is 1.65. The Morgan fingerprint density at radius 2 is 2.37 bits per heavy atom. The third-order valence-electron chi connectivity index (χ3n) is 2.76. The van der Waals surface area contributed by atoms with Crippen LogP contribution in [0.4, 0.5) is 5.13 Å². The first-order valence-corrected chi connectivity index (χ1v) is 6.77. The van der Waals surface area contributed by atoms with Crippen molar-refractivity contribution in [3.8, 4) is 0 Å². The Kier molecular flexibility index (Phi) is 4.16. The molecule has 102 valence electrons. The van der Waals surface area contributed by atoms with Gasteiger partial charge >= 0.3 is 5.97 Å². The quantitative estimate of drug-likeness (QED) is 0.869. The zero-order valence-electron chi connectivity index (χ0n) is 10.9. The van der Waals surface area contributed by atoms with Gasteiger partial charge in [-0.3, -0.25) is 4.79 Å². The number of hydrogen-bond acceptors (Lipinski definition) is 5. The summed E-state index contributed by atoms with van der Waals surface area (Å²) in [7, 11) is 3.91. The van der Waals surface area contributed by atoms with Crippen LogP contribution in [-0.4, -0.2) is 32.7 Å². The Morgan fingerprint density at radius 3 is 3.00 bits per heavy atom. The van der Waals surface area contributed by atoms with E-state index < -0.39 is 5.97 Å². The van der Waals surface area contributed by atoms with Crippen LogP contribution < -0.4 is 4.90 Å². The van der Waals surface area contributed by atoms with Crippen molar-refractivity contribution in [3.63, 3.8) is 0 Å². The van der Waals surface area contributed by atoms with Gasteiger partial charge in [0.25, 0.3) is 0 Å². The van der Waals surface area contributed by atoms with Crippen LogP contribution in [0.1, 0.15) is 17.9 Å². The number of carbonyl (C=O) groups is 1. The topological polar surface area (TPSA) is 71.2 Å². The highest BCUT2D eigenvalue weighted by molar-refractivity contribution is 7.13. The zero-order chi connectivity index (χ0) is 13.8. The van der Waals surface area contributed by atoms with E-state index in [1.807, 2.05) is 35.1 Å². The van der Waals surface area contributed by atoms with Crippen molar-refractivity contribution in [2.45, 2.75) is 19.4 Å². The molecular formula is C12H16N4O2S. The van der Waals surface area contributed by atoms with Crippen LogP contribution in [0.5, 0.6) is 0 Å². The lowest BCUT2D eigenvalue weighted by atomic mass is 10.2. The second-order valence-corrected chi connectivity index (χ2v) is 5.16. The normalized spacial score (nSPS) is 10.6. The van der Waals surface area contributed by atoms with Crippen molar-refractivity contribution in [2.75, 3.05) is 11.9 Å². The Hall–Kier alpha value is -1.89. The van der Waals surface area contributed by atoms with Crippen molar-refractivity contribution in [1.29, 1.82) is 0 Å². The highest BCUT2D eigenvalue weighted by Gasteiger charge is 2.10. The summed E-state index contributed by atoms with van der Waals surface area (Å²) >= 11 is 1.52. The second-order valence-electron chi connectivity index (χ2n) is 4.33. The van der Waals surface area contributed by atoms with Crippen LogP contribution in [0, 0.1) is 0 Å². The fraction of sp³-hybridized carbons (Fsp3) is 0.417. The molecule has 2 heterocycles. The summed E-state index contributed by atoms with van der Waals surface area (Å²) in [6.45, 7) is 0.676. The Morgan fingerprint density at radius 1 is 1.58 bits per heavy atom. The van der Waals surface area contributed by atoms with Gasteiger partial charge in [0, 0.05) is 38.3 Å². The predicted molar refractivity (Wildman–Crippen MR) is 73.4 cm³/mol. The predicted octanol–water partition coefficient (Wildman–Crippen LogP) is 1.53. The maximum atomic E-state index is 10.5. The van der Waals surface area contributed by atoms with Crippen LogP contribution in [-0.2, 0) is 24.8 Å². The standard InChI is InChI=1S/C12H16N4O2S/c1-15-6-5-13-10(15)7-16(2)12-14-9(8-19-12)3-4-11(17)18/h5-6,8H,3-4,7H2,1-2H3,(H,17,18). The van der Waals surface area contributed by atoms with Gasteiger partial charge in [-0.15, -0.1) is 11.3 Å². The molecule has 2 aromatic heterocycles. The van der Waals surface area contributed by atoms with E-state index in [4.69, 9.17) is 5.11 Å². The third kappa shape index (κ3) is 3.54. The summed E-state index contributed by atoms with van der Waals surface area (Å²) in [4.78, 5) is 21.2. The molecule has 0 aromatic carbocycles. The number of rotatable bonds is 6. The van der Waals surface area contributed by atoms with Gasteiger partial charge in [0.2, 0.25) is 0 Å². The Balaban J connectivity index is 1.98. The third-order valence-corrected chi connectivity index (χ3v) is 3.76. The summed E-state index contributed by atoms with van der Waals surface area (Å²) < 4.78 is 1.97. The lowest BCUT2D eigenvalue weighted by Gasteiger charge is -2.15. The SMILES string of the molecule is CN(Cc1nccn1C)c1nc(CCC(=O)O)cs1. The van der Waals surface area contributed by atoms with E-state index in [1.54, 1.807) is 6.20 Å². The highest BCUT2D eigenvalue weighted by atomic mass is 32.1. The minimum Gasteiger partial charge on any atom is -0.481 e. The van der Waals surface area contributed by atoms with E-state index >= 15 is 0 Å². The molecule has 6 nitrogen and oxygen atoms in total. The molecule has 0 aliphatic heterocycles. The van der Waals surface area contributed by atoms with Crippen LogP contribution in [0.25, 0.3) is 0 Å². The van der Waals surface area contributed by atoms with E-state index in [0.29, 0.717) is 13.0 Å². The average Bonchev–Trinajstić information content (AvgIpc) is 2.97. The Labute approximate surface area is 115 Å². The van der Waals surface area contributed by atoms with Gasteiger partial charge < -0.3 is 14.6 Å². The summed E-state index contributed by atoms with van der Waals surface area (Å²) in [5.41, 5.74) is 0.828. The van der Waals surface area contributed by atoms with E-state index in [2.05, 4.69) is 9.97 Å². The average molecular weight is 280 g/mol. The first-order chi connectivity index (χ1) is 9.06. The molecule has 0 unspecified atom stereocenters. The maximum Gasteiger partial charge on any atom is 0.303 e. The van der Waals surface area contributed by atoms with Gasteiger partial charge in [0.1, 0.15) is 5.82 Å². The number of aliphatic carboxylic acids is 1. The number of thiazole rings is 1. The first kappa shape index (κ1) is 13.5. The van der Waals surface area contributed by atoms with Crippen molar-refractivity contribution in [1.82, 2.24) is 14.5 Å². The maximum absolute atomic E-state index is 10.5. The van der Waals surface area contributed by atoms with Gasteiger partial charge in [-0.2, -0.15) is 0 Å². The number of carboxylic acids is 1. The van der Waals surface area contributed by atoms with Gasteiger partial charge in [0.15, 0.2) is 5.13 Å². The molecule has 0 spiro atoms. The minimum atomic E-state index is -0.795. The molecule has 0 fully saturated rings. The molecular weight excluding hydrogens is 264 g/mol. The number of aryl methyl sites for hydroxylation is 2. The Bertz CT molecular complexity index is 564. The monoisotopic (exact) mass is 280 g/mol. The second kappa shape index (κ2) is 5.83. The molecule has 1 N–H and O–H groups in total. The number of nitrogens with zero attached hydrogens (tertiary/aromatic N) is 4. The summed E-state index contributed by atoms with van der Waals surface area (Å²) in [6, 6.07) is 0. The molecule has 0 radical (unpaired) electrons. The van der Waals surface area contributed by atoms with Crippen LogP contribution in [0.2, 0.25) is 0 Å². The van der Waals surface area contributed by atoms with Gasteiger partial charge in [-0.05, 0) is 0 Å². The summed E-state index contributed by atoms with van der Waals surface area (Å²) in [5.74, 6) is 0.167. The molecule has 0 aliphatic rings. The van der Waals surface area contributed by atoms with Crippen molar-refractivity contribution in [2.24, 2.45) is 7.05 Å². The zero-order valence-corrected chi connectivity index (χ0v) is 11.7. The van der Waals surface area contributed by atoms with Crippen molar-refractivity contribution in [3.05, 3.63) is 29.3 Å². The number of anilines is 1. The number of hydrogen-bond donors (Lipinski definition) is 1. The molecule has 19 heavy (non-hydrogen) atoms. The lowest BCUT2D eigenvalue weighted by molar-refractivity contribution is -0.136. The van der Waals surface area contributed by atoms with Crippen molar-refractivity contribution < 1.29 is 9.90 Å². The van der Waals surface area contributed by atoms with Crippen molar-refractivity contribution >= 4 is 22.4 Å². The van der Waals surface area contributed by atoms with Crippen LogP contribution >= 0.6 is 11.3 Å². The molecule has 0 saturated carbocycles. The van der Waals surface area contributed by atoms with E-state index in [1.165, 1.54) is 11.3 Å². The van der Waals surface area contributed by atoms with Crippen LogP contribution in [0.15, 0.2) is 17.8 Å². The molecule has 7 heteroatoms. The number of aromatic nitrogens is 3. The molecule has 0 amide bonds. The minimum absolute atomic E-state index is 0.117. The van der Waals surface area contributed by atoms with E-state index in [9.17, 15) is 4.79 Å². The molecule has 2 rings (SSSR count). The summed E-state index contributed by atoms with van der Waals surface area (Å²) in [5, 5.41) is 11.4. The van der Waals surface area contributed by atoms with E-state index in [0.717, 1.165) is 16.6 Å². The summed E-state index contributed by atoms with van der Waals surface area (Å²) in [6.07, 6.45) is 4.26. The highest BCUT2D eigenvalue weighted by Crippen LogP contribution is 2.21. The number of carboxylic acid groups (broad SMARTS) is 1. The van der Waals surface area contributed by atoms with Gasteiger partial charge in [-0.25, -0.2) is 9.97 Å². The van der Waals surface area contributed by atoms with Gasteiger partial charge in [0.05, 0.1) is 18.7 Å². The lowest BCUT2D eigenvalue weighted by Crippen LogP contribution is -2.18. The molecule has 0 saturated heterocycles. The van der Waals surface area contributed by atoms with Gasteiger partial charge in [-0.1, -0.05) is 0 Å². The fourth-order valence-corrected chi connectivity index (χ4v) is 2.48. The largest absolute Gasteiger partial charge is 0.481 e. The molecule has 0 bridgehead atoms. The molecule has 0 aliphatic carbocycles. The first-order valence-electron chi connectivity index (χ1n) is 5.90. The van der Waals surface area contributed by atoms with E-state index in [-0.39, 0.29) is 6.42 Å². The van der Waals surface area contributed by atoms with Crippen LogP contribution in [0.3, 0.4) is 0 Å².